The highest BCUT2D eigenvalue weighted by atomic mass is 16.5. The molecule has 1 N–H and O–H groups in total. The van der Waals surface area contributed by atoms with E-state index in [2.05, 4.69) is 10.2 Å². The third-order valence-electron chi connectivity index (χ3n) is 2.98. The molecule has 0 aliphatic carbocycles. The Bertz CT molecular complexity index is 177. The highest BCUT2D eigenvalue weighted by Gasteiger charge is 2.17. The van der Waals surface area contributed by atoms with Gasteiger partial charge >= 0.3 is 0 Å². The normalized spacial score (nSPS) is 20.5. The van der Waals surface area contributed by atoms with Crippen molar-refractivity contribution in [2.45, 2.75) is 20.0 Å². The van der Waals surface area contributed by atoms with E-state index >= 15 is 0 Å². The van der Waals surface area contributed by atoms with Crippen LogP contribution in [0.5, 0.6) is 0 Å². The molecule has 5 nitrogen and oxygen atoms in total. The van der Waals surface area contributed by atoms with Crippen LogP contribution in [0.2, 0.25) is 0 Å². The Morgan fingerprint density at radius 2 is 1.83 bits per heavy atom. The number of ether oxygens (including phenoxy) is 3. The van der Waals surface area contributed by atoms with E-state index in [4.69, 9.17) is 14.2 Å². The lowest BCUT2D eigenvalue weighted by Crippen LogP contribution is -2.46. The van der Waals surface area contributed by atoms with Crippen LogP contribution in [0.15, 0.2) is 0 Å². The number of nitrogens with one attached hydrogen (secondary N) is 1. The molecular formula is C13H28N2O3. The van der Waals surface area contributed by atoms with Gasteiger partial charge < -0.3 is 19.5 Å². The quantitative estimate of drug-likeness (QED) is 0.574. The third kappa shape index (κ3) is 7.28. The predicted molar refractivity (Wildman–Crippen MR) is 72.0 cm³/mol. The molecule has 1 heterocycles. The summed E-state index contributed by atoms with van der Waals surface area (Å²) in [4.78, 5) is 2.36. The third-order valence-corrected chi connectivity index (χ3v) is 2.98. The second-order valence-corrected chi connectivity index (χ2v) is 4.39. The van der Waals surface area contributed by atoms with Gasteiger partial charge in [0.2, 0.25) is 0 Å². The van der Waals surface area contributed by atoms with Crippen LogP contribution >= 0.6 is 0 Å². The molecule has 1 fully saturated rings. The average molecular weight is 260 g/mol. The van der Waals surface area contributed by atoms with E-state index in [1.807, 2.05) is 13.8 Å². The molecule has 1 aliphatic rings. The van der Waals surface area contributed by atoms with Crippen LogP contribution in [0.1, 0.15) is 13.8 Å². The largest absolute Gasteiger partial charge is 0.380 e. The van der Waals surface area contributed by atoms with Gasteiger partial charge in [0.15, 0.2) is 0 Å². The molecule has 18 heavy (non-hydrogen) atoms. The highest BCUT2D eigenvalue weighted by Crippen LogP contribution is 2.00. The van der Waals surface area contributed by atoms with Crippen molar-refractivity contribution < 1.29 is 14.2 Å². The fraction of sp³-hybridized carbons (Fsp3) is 1.00. The van der Waals surface area contributed by atoms with E-state index in [-0.39, 0.29) is 0 Å². The Morgan fingerprint density at radius 3 is 2.33 bits per heavy atom. The van der Waals surface area contributed by atoms with E-state index in [1.54, 1.807) is 0 Å². The van der Waals surface area contributed by atoms with Gasteiger partial charge in [-0.15, -0.1) is 0 Å². The first-order valence-corrected chi connectivity index (χ1v) is 7.07. The first-order valence-electron chi connectivity index (χ1n) is 7.07. The van der Waals surface area contributed by atoms with Crippen molar-refractivity contribution in [2.24, 2.45) is 0 Å². The van der Waals surface area contributed by atoms with Crippen molar-refractivity contribution in [2.75, 3.05) is 65.8 Å². The molecule has 1 rings (SSSR count). The van der Waals surface area contributed by atoms with Crippen LogP contribution < -0.4 is 5.32 Å². The standard InChI is InChI=1S/C13H28N2O3/c1-3-16-9-6-15(7-10-17-4-2)12-13-11-14-5-8-18-13/h13-14H,3-12H2,1-2H3. The zero-order valence-electron chi connectivity index (χ0n) is 11.8. The maximum atomic E-state index is 5.74. The molecule has 0 aromatic rings. The van der Waals surface area contributed by atoms with Gasteiger partial charge in [0, 0.05) is 45.9 Å². The van der Waals surface area contributed by atoms with E-state index < -0.39 is 0 Å². The lowest BCUT2D eigenvalue weighted by molar-refractivity contribution is -0.00593. The summed E-state index contributed by atoms with van der Waals surface area (Å²) >= 11 is 0. The maximum absolute atomic E-state index is 5.74. The smallest absolute Gasteiger partial charge is 0.0826 e. The number of hydrogen-bond donors (Lipinski definition) is 1. The summed E-state index contributed by atoms with van der Waals surface area (Å²) in [5.74, 6) is 0. The predicted octanol–water partition coefficient (Wildman–Crippen LogP) is 0.350. The van der Waals surface area contributed by atoms with Crippen molar-refractivity contribution in [3.8, 4) is 0 Å². The van der Waals surface area contributed by atoms with Gasteiger partial charge in [-0.25, -0.2) is 0 Å². The van der Waals surface area contributed by atoms with E-state index in [0.29, 0.717) is 6.10 Å². The summed E-state index contributed by atoms with van der Waals surface area (Å²) in [7, 11) is 0. The Labute approximate surface area is 111 Å². The molecule has 1 saturated heterocycles. The molecular weight excluding hydrogens is 232 g/mol. The Hall–Kier alpha value is -0.200. The molecule has 5 heteroatoms. The molecule has 0 saturated carbocycles. The molecule has 1 unspecified atom stereocenters. The van der Waals surface area contributed by atoms with Gasteiger partial charge in [-0.3, -0.25) is 4.90 Å². The van der Waals surface area contributed by atoms with Crippen molar-refractivity contribution >= 4 is 0 Å². The minimum Gasteiger partial charge on any atom is -0.380 e. The Balaban J connectivity index is 2.22. The van der Waals surface area contributed by atoms with Crippen LogP contribution in [0, 0.1) is 0 Å². The summed E-state index contributed by atoms with van der Waals surface area (Å²) in [5, 5.41) is 3.36. The number of rotatable bonds is 10. The second-order valence-electron chi connectivity index (χ2n) is 4.39. The molecule has 108 valence electrons. The topological polar surface area (TPSA) is 43.0 Å². The van der Waals surface area contributed by atoms with Gasteiger partial charge in [-0.05, 0) is 13.8 Å². The molecule has 0 aromatic heterocycles. The first kappa shape index (κ1) is 15.9. The Kier molecular flexibility index (Phi) is 9.42. The summed E-state index contributed by atoms with van der Waals surface area (Å²) < 4.78 is 16.6. The zero-order chi connectivity index (χ0) is 13.1. The number of morpholine rings is 1. The van der Waals surface area contributed by atoms with Crippen molar-refractivity contribution in [1.82, 2.24) is 10.2 Å². The summed E-state index contributed by atoms with van der Waals surface area (Å²) in [6.07, 6.45) is 0.294. The monoisotopic (exact) mass is 260 g/mol. The minimum absolute atomic E-state index is 0.294. The molecule has 1 aliphatic heterocycles. The van der Waals surface area contributed by atoms with Crippen molar-refractivity contribution in [3.63, 3.8) is 0 Å². The lowest BCUT2D eigenvalue weighted by Gasteiger charge is -2.30. The van der Waals surface area contributed by atoms with Gasteiger partial charge in [0.05, 0.1) is 25.9 Å². The van der Waals surface area contributed by atoms with Crippen molar-refractivity contribution in [3.05, 3.63) is 0 Å². The minimum atomic E-state index is 0.294. The summed E-state index contributed by atoms with van der Waals surface area (Å²) in [6.45, 7) is 12.7. The van der Waals surface area contributed by atoms with Crippen LogP contribution in [0.4, 0.5) is 0 Å². The zero-order valence-corrected chi connectivity index (χ0v) is 11.8. The number of nitrogens with zero attached hydrogens (tertiary/aromatic N) is 1. The maximum Gasteiger partial charge on any atom is 0.0826 e. The molecule has 0 spiro atoms. The van der Waals surface area contributed by atoms with Crippen LogP contribution in [0.25, 0.3) is 0 Å². The summed E-state index contributed by atoms with van der Waals surface area (Å²) in [6, 6.07) is 0. The molecule has 0 bridgehead atoms. The van der Waals surface area contributed by atoms with E-state index in [1.165, 1.54) is 0 Å². The van der Waals surface area contributed by atoms with Gasteiger partial charge in [0.1, 0.15) is 0 Å². The molecule has 0 aromatic carbocycles. The average Bonchev–Trinajstić information content (AvgIpc) is 2.40. The van der Waals surface area contributed by atoms with Crippen molar-refractivity contribution in [1.29, 1.82) is 0 Å². The Morgan fingerprint density at radius 1 is 1.17 bits per heavy atom. The van der Waals surface area contributed by atoms with E-state index in [0.717, 1.165) is 65.8 Å². The van der Waals surface area contributed by atoms with Crippen LogP contribution in [0.3, 0.4) is 0 Å². The fourth-order valence-electron chi connectivity index (χ4n) is 2.00. The molecule has 1 atom stereocenters. The second kappa shape index (κ2) is 10.7. The van der Waals surface area contributed by atoms with Crippen LogP contribution in [-0.2, 0) is 14.2 Å². The number of hydrogen-bond acceptors (Lipinski definition) is 5. The fourth-order valence-corrected chi connectivity index (χ4v) is 2.00. The van der Waals surface area contributed by atoms with Gasteiger partial charge in [0.25, 0.3) is 0 Å². The van der Waals surface area contributed by atoms with E-state index in [9.17, 15) is 0 Å². The lowest BCUT2D eigenvalue weighted by atomic mass is 10.3. The van der Waals surface area contributed by atoms with Crippen LogP contribution in [-0.4, -0.2) is 76.8 Å². The molecule has 0 radical (unpaired) electrons. The first-order chi connectivity index (χ1) is 8.86. The highest BCUT2D eigenvalue weighted by molar-refractivity contribution is 4.72. The molecule has 0 amide bonds. The van der Waals surface area contributed by atoms with Gasteiger partial charge in [-0.2, -0.15) is 0 Å². The SMILES string of the molecule is CCOCCN(CCOCC)CC1CNCCO1. The van der Waals surface area contributed by atoms with Gasteiger partial charge in [-0.1, -0.05) is 0 Å². The summed E-state index contributed by atoms with van der Waals surface area (Å²) in [5.41, 5.74) is 0.